The fourth-order valence-corrected chi connectivity index (χ4v) is 4.47. The summed E-state index contributed by atoms with van der Waals surface area (Å²) in [5, 5.41) is 3.18. The molecule has 0 aromatic carbocycles. The van der Waals surface area contributed by atoms with Gasteiger partial charge in [0.2, 0.25) is 11.8 Å². The summed E-state index contributed by atoms with van der Waals surface area (Å²) < 4.78 is 0. The molecule has 0 aromatic heterocycles. The minimum Gasteiger partial charge on any atom is -0.346 e. The van der Waals surface area contributed by atoms with Crippen LogP contribution in [0.3, 0.4) is 0 Å². The van der Waals surface area contributed by atoms with Gasteiger partial charge in [0.1, 0.15) is 0 Å². The second-order valence-corrected chi connectivity index (χ2v) is 9.99. The lowest BCUT2D eigenvalue weighted by atomic mass is 10.0. The topological polar surface area (TPSA) is 52.7 Å². The van der Waals surface area contributed by atoms with Gasteiger partial charge in [-0.05, 0) is 85.5 Å². The lowest BCUT2D eigenvalue weighted by molar-refractivity contribution is -0.130. The van der Waals surface area contributed by atoms with Crippen LogP contribution in [0.1, 0.15) is 81.6 Å². The maximum Gasteiger partial charge on any atom is 0.247 e. The van der Waals surface area contributed by atoms with Crippen LogP contribution in [0.2, 0.25) is 0 Å². The Labute approximate surface area is 227 Å². The van der Waals surface area contributed by atoms with Crippen LogP contribution in [0.25, 0.3) is 0 Å². The van der Waals surface area contributed by atoms with E-state index in [2.05, 4.69) is 50.7 Å². The summed E-state index contributed by atoms with van der Waals surface area (Å²) in [6.45, 7) is 23.9. The zero-order valence-corrected chi connectivity index (χ0v) is 25.2. The van der Waals surface area contributed by atoms with Crippen LogP contribution < -0.4 is 5.32 Å². The van der Waals surface area contributed by atoms with Gasteiger partial charge in [-0.1, -0.05) is 69.4 Å². The van der Waals surface area contributed by atoms with Crippen molar-refractivity contribution >= 4 is 11.8 Å². The third-order valence-electron chi connectivity index (χ3n) is 6.40. The second kappa shape index (κ2) is 18.6. The lowest BCUT2D eigenvalue weighted by Gasteiger charge is -2.31. The molecular weight excluding hydrogens is 458 g/mol. The summed E-state index contributed by atoms with van der Waals surface area (Å²) >= 11 is 0. The highest BCUT2D eigenvalue weighted by molar-refractivity contribution is 5.93. The molecule has 0 spiro atoms. The SMILES string of the molecule is C/C=C\C=C1/C(NC(=O)/C(C)=C/C)[C@@H](C)C[C@H]1N(C(=O)CC)/C(C)=C/C=C\C.C=C(C)CN(C)CCC. The molecule has 1 aliphatic carbocycles. The van der Waals surface area contributed by atoms with Gasteiger partial charge >= 0.3 is 0 Å². The molecule has 37 heavy (non-hydrogen) atoms. The third-order valence-corrected chi connectivity index (χ3v) is 6.40. The molecule has 0 aromatic rings. The number of carbonyl (C=O) groups is 2. The van der Waals surface area contributed by atoms with E-state index in [0.717, 1.165) is 24.2 Å². The number of hydrogen-bond donors (Lipinski definition) is 1. The van der Waals surface area contributed by atoms with E-state index in [-0.39, 0.29) is 29.8 Å². The number of nitrogens with zero attached hydrogens (tertiary/aromatic N) is 2. The fourth-order valence-electron chi connectivity index (χ4n) is 4.47. The van der Waals surface area contributed by atoms with Crippen molar-refractivity contribution in [1.29, 1.82) is 0 Å². The molecule has 0 radical (unpaired) electrons. The van der Waals surface area contributed by atoms with E-state index in [4.69, 9.17) is 0 Å². The highest BCUT2D eigenvalue weighted by Crippen LogP contribution is 2.37. The summed E-state index contributed by atoms with van der Waals surface area (Å²) in [6.07, 6.45) is 16.2. The van der Waals surface area contributed by atoms with Crippen LogP contribution in [-0.4, -0.2) is 53.8 Å². The van der Waals surface area contributed by atoms with Gasteiger partial charge < -0.3 is 15.1 Å². The van der Waals surface area contributed by atoms with Crippen molar-refractivity contribution in [3.63, 3.8) is 0 Å². The van der Waals surface area contributed by atoms with E-state index in [1.54, 1.807) is 0 Å². The zero-order valence-electron chi connectivity index (χ0n) is 25.2. The van der Waals surface area contributed by atoms with Gasteiger partial charge in [0.25, 0.3) is 0 Å². The number of rotatable bonds is 11. The smallest absolute Gasteiger partial charge is 0.247 e. The predicted octanol–water partition coefficient (Wildman–Crippen LogP) is 6.97. The molecule has 1 fully saturated rings. The number of likely N-dealkylation sites (N-methyl/N-ethyl adjacent to an activating group) is 1. The Bertz CT molecular complexity index is 892. The zero-order chi connectivity index (χ0) is 28.5. The molecule has 1 aliphatic rings. The first kappa shape index (κ1) is 34.3. The number of hydrogen-bond acceptors (Lipinski definition) is 3. The Morgan fingerprint density at radius 1 is 1.08 bits per heavy atom. The molecule has 0 aliphatic heterocycles. The number of allylic oxidation sites excluding steroid dienone is 8. The Morgan fingerprint density at radius 3 is 2.19 bits per heavy atom. The van der Waals surface area contributed by atoms with Gasteiger partial charge in [-0.25, -0.2) is 0 Å². The Balaban J connectivity index is 0.00000122. The molecule has 0 bridgehead atoms. The van der Waals surface area contributed by atoms with Crippen molar-refractivity contribution in [2.75, 3.05) is 20.1 Å². The second-order valence-electron chi connectivity index (χ2n) is 9.99. The van der Waals surface area contributed by atoms with Crippen LogP contribution in [0, 0.1) is 5.92 Å². The van der Waals surface area contributed by atoms with Crippen molar-refractivity contribution in [3.05, 3.63) is 71.5 Å². The molecule has 208 valence electrons. The maximum absolute atomic E-state index is 12.8. The van der Waals surface area contributed by atoms with E-state index in [1.807, 2.05) is 82.9 Å². The standard InChI is InChI=1S/C24H36N2O2.C8H17N/c1-8-12-14-19(7)26(22(27)11-4)21-16-18(6)23(20(21)15-13-9-2)25-24(28)17(5)10-3;1-5-6-9(4)7-8(2)3/h8-10,12-15,18,21,23H,11,16H2,1-7H3,(H,25,28);2,5-7H2,1,3-4H3/b12-8-,13-9-,17-10+,19-14+,20-15-;/t18-,21+,23?;/m0./s1. The Morgan fingerprint density at radius 2 is 1.70 bits per heavy atom. The van der Waals surface area contributed by atoms with E-state index >= 15 is 0 Å². The summed E-state index contributed by atoms with van der Waals surface area (Å²) in [4.78, 5) is 29.5. The molecule has 3 atom stereocenters. The number of amides is 2. The monoisotopic (exact) mass is 511 g/mol. The van der Waals surface area contributed by atoms with Crippen molar-refractivity contribution < 1.29 is 9.59 Å². The normalized spacial score (nSPS) is 21.5. The summed E-state index contributed by atoms with van der Waals surface area (Å²) in [6, 6.07) is -0.151. The molecule has 1 unspecified atom stereocenters. The Hall–Kier alpha value is -2.66. The van der Waals surface area contributed by atoms with Gasteiger partial charge in [-0.2, -0.15) is 0 Å². The first-order chi connectivity index (χ1) is 17.5. The summed E-state index contributed by atoms with van der Waals surface area (Å²) in [5.74, 6) is 0.274. The van der Waals surface area contributed by atoms with E-state index in [9.17, 15) is 9.59 Å². The van der Waals surface area contributed by atoms with Crippen LogP contribution in [0.4, 0.5) is 0 Å². The average molecular weight is 512 g/mol. The molecule has 1 saturated carbocycles. The van der Waals surface area contributed by atoms with Crippen LogP contribution in [-0.2, 0) is 9.59 Å². The van der Waals surface area contributed by atoms with Crippen molar-refractivity contribution in [1.82, 2.24) is 15.1 Å². The van der Waals surface area contributed by atoms with E-state index in [0.29, 0.717) is 12.0 Å². The summed E-state index contributed by atoms with van der Waals surface area (Å²) in [5.41, 5.74) is 3.95. The average Bonchev–Trinajstić information content (AvgIpc) is 3.14. The van der Waals surface area contributed by atoms with E-state index < -0.39 is 0 Å². The molecule has 5 nitrogen and oxygen atoms in total. The van der Waals surface area contributed by atoms with Gasteiger partial charge in [0.05, 0.1) is 12.1 Å². The van der Waals surface area contributed by atoms with Crippen LogP contribution in [0.5, 0.6) is 0 Å². The van der Waals surface area contributed by atoms with Gasteiger partial charge in [0.15, 0.2) is 0 Å². The number of nitrogens with one attached hydrogen (secondary N) is 1. The Kier molecular flexibility index (Phi) is 17.2. The first-order valence-electron chi connectivity index (χ1n) is 13.7. The van der Waals surface area contributed by atoms with Gasteiger partial charge in [-0.3, -0.25) is 9.59 Å². The quantitative estimate of drug-likeness (QED) is 0.185. The molecule has 1 rings (SSSR count). The molecular formula is C32H53N3O2. The minimum atomic E-state index is -0.0923. The minimum absolute atomic E-state index is 0.0547. The maximum atomic E-state index is 12.8. The largest absolute Gasteiger partial charge is 0.346 e. The third kappa shape index (κ3) is 12.0. The molecule has 5 heteroatoms. The summed E-state index contributed by atoms with van der Waals surface area (Å²) in [7, 11) is 2.12. The molecule has 0 heterocycles. The molecule has 1 N–H and O–H groups in total. The molecule has 2 amide bonds. The highest BCUT2D eigenvalue weighted by atomic mass is 16.2. The van der Waals surface area contributed by atoms with Crippen LogP contribution in [0.15, 0.2) is 71.5 Å². The first-order valence-corrected chi connectivity index (χ1v) is 13.7. The van der Waals surface area contributed by atoms with Crippen molar-refractivity contribution in [3.8, 4) is 0 Å². The number of carbonyl (C=O) groups excluding carboxylic acids is 2. The van der Waals surface area contributed by atoms with Crippen molar-refractivity contribution in [2.24, 2.45) is 5.92 Å². The van der Waals surface area contributed by atoms with Crippen LogP contribution >= 0.6 is 0 Å². The highest BCUT2D eigenvalue weighted by Gasteiger charge is 2.41. The predicted molar refractivity (Wildman–Crippen MR) is 160 cm³/mol. The van der Waals surface area contributed by atoms with E-state index in [1.165, 1.54) is 18.5 Å². The van der Waals surface area contributed by atoms with Gasteiger partial charge in [-0.15, -0.1) is 0 Å². The van der Waals surface area contributed by atoms with Gasteiger partial charge in [0, 0.05) is 24.2 Å². The van der Waals surface area contributed by atoms with Crippen molar-refractivity contribution in [2.45, 2.75) is 93.7 Å². The fraction of sp³-hybridized carbons (Fsp3) is 0.562. The molecule has 0 saturated heterocycles. The lowest BCUT2D eigenvalue weighted by Crippen LogP contribution is -2.42.